The van der Waals surface area contributed by atoms with Crippen LogP contribution in [-0.2, 0) is 4.74 Å². The lowest BCUT2D eigenvalue weighted by atomic mass is 10.1. The fraction of sp³-hybridized carbons (Fsp3) is 0.417. The number of nitrogens with zero attached hydrogens (tertiary/aromatic N) is 1. The summed E-state index contributed by atoms with van der Waals surface area (Å²) < 4.78 is 5.47. The van der Waals surface area contributed by atoms with Crippen LogP contribution < -0.4 is 0 Å². The summed E-state index contributed by atoms with van der Waals surface area (Å²) in [7, 11) is 1.99. The van der Waals surface area contributed by atoms with Crippen LogP contribution >= 0.6 is 11.6 Å². The minimum Gasteiger partial charge on any atom is -0.367 e. The Balaban J connectivity index is 2.09. The highest BCUT2D eigenvalue weighted by Gasteiger charge is 2.25. The average molecular weight is 240 g/mol. The number of morpholine rings is 1. The molecule has 1 aliphatic rings. The van der Waals surface area contributed by atoms with Gasteiger partial charge < -0.3 is 9.64 Å². The molecule has 1 fully saturated rings. The average Bonchev–Trinajstić information content (AvgIpc) is 2.29. The number of benzene rings is 1. The Labute approximate surface area is 100.0 Å². The van der Waals surface area contributed by atoms with Crippen molar-refractivity contribution in [3.05, 3.63) is 34.9 Å². The van der Waals surface area contributed by atoms with Gasteiger partial charge in [-0.1, -0.05) is 11.6 Å². The molecule has 2 rings (SSSR count). The molecule has 0 saturated carbocycles. The zero-order valence-electron chi connectivity index (χ0n) is 9.15. The summed E-state index contributed by atoms with van der Waals surface area (Å²) in [6, 6.07) is 6.92. The summed E-state index contributed by atoms with van der Waals surface area (Å²) in [6.45, 7) is 2.15. The summed E-state index contributed by atoms with van der Waals surface area (Å²) >= 11 is 5.77. The molecule has 1 unspecified atom stereocenters. The van der Waals surface area contributed by atoms with E-state index in [1.54, 1.807) is 24.3 Å². The lowest BCUT2D eigenvalue weighted by Crippen LogP contribution is -2.44. The summed E-state index contributed by atoms with van der Waals surface area (Å²) in [4.78, 5) is 14.2. The first-order valence-electron chi connectivity index (χ1n) is 5.27. The predicted molar refractivity (Wildman–Crippen MR) is 63.0 cm³/mol. The SMILES string of the molecule is CN1CCOC(C(=O)c2ccc(Cl)cc2)C1. The Morgan fingerprint density at radius 3 is 2.75 bits per heavy atom. The van der Waals surface area contributed by atoms with E-state index in [0.717, 1.165) is 6.54 Å². The van der Waals surface area contributed by atoms with Crippen LogP contribution in [0.3, 0.4) is 0 Å². The Hall–Kier alpha value is -0.900. The monoisotopic (exact) mass is 239 g/mol. The number of carbonyl (C=O) groups is 1. The summed E-state index contributed by atoms with van der Waals surface area (Å²) in [6.07, 6.45) is -0.347. The van der Waals surface area contributed by atoms with E-state index in [1.807, 2.05) is 7.05 Å². The first-order valence-corrected chi connectivity index (χ1v) is 5.64. The molecule has 1 aromatic rings. The van der Waals surface area contributed by atoms with Gasteiger partial charge >= 0.3 is 0 Å². The maximum atomic E-state index is 12.1. The van der Waals surface area contributed by atoms with Crippen molar-refractivity contribution >= 4 is 17.4 Å². The zero-order chi connectivity index (χ0) is 11.5. The van der Waals surface area contributed by atoms with Crippen molar-refractivity contribution in [2.24, 2.45) is 0 Å². The third-order valence-electron chi connectivity index (χ3n) is 2.69. The number of hydrogen-bond donors (Lipinski definition) is 0. The molecule has 1 aliphatic heterocycles. The Morgan fingerprint density at radius 2 is 2.12 bits per heavy atom. The highest BCUT2D eigenvalue weighted by atomic mass is 35.5. The van der Waals surface area contributed by atoms with Gasteiger partial charge in [-0.15, -0.1) is 0 Å². The number of likely N-dealkylation sites (N-methyl/N-ethyl adjacent to an activating group) is 1. The molecule has 1 atom stereocenters. The van der Waals surface area contributed by atoms with Gasteiger partial charge in [0.15, 0.2) is 5.78 Å². The molecule has 0 spiro atoms. The molecule has 0 aliphatic carbocycles. The third kappa shape index (κ3) is 2.61. The maximum absolute atomic E-state index is 12.1. The normalized spacial score (nSPS) is 22.0. The molecular formula is C12H14ClNO2. The largest absolute Gasteiger partial charge is 0.367 e. The minimum atomic E-state index is -0.347. The molecule has 4 heteroatoms. The molecule has 1 aromatic carbocycles. The van der Waals surface area contributed by atoms with Gasteiger partial charge in [0.25, 0.3) is 0 Å². The first kappa shape index (κ1) is 11.6. The summed E-state index contributed by atoms with van der Waals surface area (Å²) in [5, 5.41) is 0.637. The van der Waals surface area contributed by atoms with Crippen LogP contribution in [0.25, 0.3) is 0 Å². The topological polar surface area (TPSA) is 29.5 Å². The van der Waals surface area contributed by atoms with Crippen LogP contribution in [0.2, 0.25) is 5.02 Å². The van der Waals surface area contributed by atoms with Gasteiger partial charge in [-0.2, -0.15) is 0 Å². The molecule has 1 saturated heterocycles. The molecule has 86 valence electrons. The first-order chi connectivity index (χ1) is 7.66. The number of halogens is 1. The van der Waals surface area contributed by atoms with Gasteiger partial charge in [0.05, 0.1) is 6.61 Å². The lowest BCUT2D eigenvalue weighted by Gasteiger charge is -2.29. The van der Waals surface area contributed by atoms with E-state index >= 15 is 0 Å². The molecule has 0 bridgehead atoms. The third-order valence-corrected chi connectivity index (χ3v) is 2.94. The predicted octanol–water partition coefficient (Wildman–Crippen LogP) is 1.85. The fourth-order valence-corrected chi connectivity index (χ4v) is 1.86. The zero-order valence-corrected chi connectivity index (χ0v) is 9.91. The fourth-order valence-electron chi connectivity index (χ4n) is 1.74. The number of Topliss-reactive ketones (excluding diaryl/α,β-unsaturated/α-hetero) is 1. The second-order valence-corrected chi connectivity index (χ2v) is 4.43. The number of carbonyl (C=O) groups excluding carboxylic acids is 1. The van der Waals surface area contributed by atoms with Crippen molar-refractivity contribution < 1.29 is 9.53 Å². The summed E-state index contributed by atoms with van der Waals surface area (Å²) in [5.41, 5.74) is 0.657. The molecule has 0 aromatic heterocycles. The van der Waals surface area contributed by atoms with Gasteiger partial charge in [0.1, 0.15) is 6.10 Å². The van der Waals surface area contributed by atoms with E-state index in [-0.39, 0.29) is 11.9 Å². The van der Waals surface area contributed by atoms with Crippen LogP contribution in [0, 0.1) is 0 Å². The van der Waals surface area contributed by atoms with E-state index < -0.39 is 0 Å². The maximum Gasteiger partial charge on any atom is 0.192 e. The second-order valence-electron chi connectivity index (χ2n) is 3.99. The molecule has 0 radical (unpaired) electrons. The van der Waals surface area contributed by atoms with Crippen molar-refractivity contribution in [3.8, 4) is 0 Å². The van der Waals surface area contributed by atoms with Gasteiger partial charge in [-0.3, -0.25) is 4.79 Å². The van der Waals surface area contributed by atoms with Crippen molar-refractivity contribution in [2.45, 2.75) is 6.10 Å². The van der Waals surface area contributed by atoms with Gasteiger partial charge in [0.2, 0.25) is 0 Å². The molecule has 1 heterocycles. The second kappa shape index (κ2) is 4.95. The van der Waals surface area contributed by atoms with E-state index in [1.165, 1.54) is 0 Å². The summed E-state index contributed by atoms with van der Waals surface area (Å²) in [5.74, 6) is 0.0308. The van der Waals surface area contributed by atoms with E-state index in [4.69, 9.17) is 16.3 Å². The highest BCUT2D eigenvalue weighted by molar-refractivity contribution is 6.30. The van der Waals surface area contributed by atoms with Crippen LogP contribution in [0.15, 0.2) is 24.3 Å². The van der Waals surface area contributed by atoms with Crippen LogP contribution in [0.4, 0.5) is 0 Å². The Morgan fingerprint density at radius 1 is 1.44 bits per heavy atom. The van der Waals surface area contributed by atoms with Crippen molar-refractivity contribution in [3.63, 3.8) is 0 Å². The van der Waals surface area contributed by atoms with Crippen LogP contribution in [-0.4, -0.2) is 43.5 Å². The smallest absolute Gasteiger partial charge is 0.192 e. The van der Waals surface area contributed by atoms with E-state index in [2.05, 4.69) is 4.90 Å². The number of ether oxygens (including phenoxy) is 1. The van der Waals surface area contributed by atoms with Crippen LogP contribution in [0.1, 0.15) is 10.4 Å². The molecule has 0 N–H and O–H groups in total. The number of rotatable bonds is 2. The Kier molecular flexibility index (Phi) is 3.59. The van der Waals surface area contributed by atoms with Gasteiger partial charge in [0, 0.05) is 23.7 Å². The minimum absolute atomic E-state index is 0.0308. The van der Waals surface area contributed by atoms with Gasteiger partial charge in [-0.25, -0.2) is 0 Å². The molecular weight excluding hydrogens is 226 g/mol. The van der Waals surface area contributed by atoms with Gasteiger partial charge in [-0.05, 0) is 31.3 Å². The van der Waals surface area contributed by atoms with Crippen molar-refractivity contribution in [2.75, 3.05) is 26.7 Å². The number of hydrogen-bond acceptors (Lipinski definition) is 3. The Bertz CT molecular complexity index is 377. The van der Waals surface area contributed by atoms with E-state index in [9.17, 15) is 4.79 Å². The molecule has 3 nitrogen and oxygen atoms in total. The van der Waals surface area contributed by atoms with Crippen molar-refractivity contribution in [1.29, 1.82) is 0 Å². The van der Waals surface area contributed by atoms with E-state index in [0.29, 0.717) is 23.7 Å². The van der Waals surface area contributed by atoms with Crippen molar-refractivity contribution in [1.82, 2.24) is 4.90 Å². The standard InChI is InChI=1S/C12H14ClNO2/c1-14-6-7-16-11(8-14)12(15)9-2-4-10(13)5-3-9/h2-5,11H,6-8H2,1H3. The lowest BCUT2D eigenvalue weighted by molar-refractivity contribution is -0.00862. The quantitative estimate of drug-likeness (QED) is 0.738. The molecule has 16 heavy (non-hydrogen) atoms. The highest BCUT2D eigenvalue weighted by Crippen LogP contribution is 2.14. The van der Waals surface area contributed by atoms with Crippen LogP contribution in [0.5, 0.6) is 0 Å². The number of ketones is 1. The molecule has 0 amide bonds.